The van der Waals surface area contributed by atoms with Gasteiger partial charge in [0.2, 0.25) is 0 Å². The molecule has 0 aliphatic heterocycles. The monoisotopic (exact) mass is 504 g/mol. The van der Waals surface area contributed by atoms with E-state index in [0.717, 1.165) is 24.1 Å². The fourth-order valence-corrected chi connectivity index (χ4v) is 4.07. The first-order chi connectivity index (χ1) is 15.6. The van der Waals surface area contributed by atoms with Gasteiger partial charge < -0.3 is 19.8 Å². The molecule has 2 N–H and O–H groups in total. The first kappa shape index (κ1) is 25.3. The number of aromatic amines is 1. The smallest absolute Gasteiger partial charge is 0.180 e. The largest absolute Gasteiger partial charge is 0.490 e. The maximum atomic E-state index is 6.56. The molecular formula is C26H27Cl3N2O2. The van der Waals surface area contributed by atoms with Gasteiger partial charge in [-0.3, -0.25) is 0 Å². The van der Waals surface area contributed by atoms with Gasteiger partial charge in [-0.2, -0.15) is 0 Å². The van der Waals surface area contributed by atoms with E-state index in [1.165, 1.54) is 16.5 Å². The highest BCUT2D eigenvalue weighted by Gasteiger charge is 2.13. The topological polar surface area (TPSA) is 46.3 Å². The number of halogens is 3. The van der Waals surface area contributed by atoms with Crippen LogP contribution in [0.5, 0.6) is 11.5 Å². The Labute approximate surface area is 210 Å². The van der Waals surface area contributed by atoms with E-state index < -0.39 is 0 Å². The van der Waals surface area contributed by atoms with Crippen molar-refractivity contribution in [3.63, 3.8) is 0 Å². The van der Waals surface area contributed by atoms with Gasteiger partial charge in [-0.15, -0.1) is 12.4 Å². The second-order valence-corrected chi connectivity index (χ2v) is 8.38. The van der Waals surface area contributed by atoms with Crippen LogP contribution in [0.1, 0.15) is 23.6 Å². The van der Waals surface area contributed by atoms with Gasteiger partial charge in [0.15, 0.2) is 11.5 Å². The Balaban J connectivity index is 0.00000306. The van der Waals surface area contributed by atoms with E-state index in [0.29, 0.717) is 41.3 Å². The molecule has 4 rings (SSSR count). The minimum atomic E-state index is 0. The highest BCUT2D eigenvalue weighted by Crippen LogP contribution is 2.37. The molecule has 3 aromatic carbocycles. The average molecular weight is 506 g/mol. The highest BCUT2D eigenvalue weighted by atomic mass is 35.5. The van der Waals surface area contributed by atoms with Crippen LogP contribution in [-0.4, -0.2) is 18.1 Å². The molecule has 0 saturated carbocycles. The van der Waals surface area contributed by atoms with Crippen LogP contribution in [0.3, 0.4) is 0 Å². The van der Waals surface area contributed by atoms with Crippen molar-refractivity contribution in [1.82, 2.24) is 10.3 Å². The molecule has 0 bridgehead atoms. The van der Waals surface area contributed by atoms with E-state index in [1.807, 2.05) is 49.4 Å². The first-order valence-corrected chi connectivity index (χ1v) is 11.5. The zero-order chi connectivity index (χ0) is 22.3. The van der Waals surface area contributed by atoms with Crippen molar-refractivity contribution in [1.29, 1.82) is 0 Å². The van der Waals surface area contributed by atoms with Gasteiger partial charge in [-0.05, 0) is 66.9 Å². The van der Waals surface area contributed by atoms with Gasteiger partial charge in [-0.25, -0.2) is 0 Å². The van der Waals surface area contributed by atoms with Gasteiger partial charge in [0, 0.05) is 28.7 Å². The van der Waals surface area contributed by atoms with E-state index in [4.69, 9.17) is 32.7 Å². The number of para-hydroxylation sites is 1. The lowest BCUT2D eigenvalue weighted by molar-refractivity contribution is 0.269. The van der Waals surface area contributed by atoms with Gasteiger partial charge in [-0.1, -0.05) is 53.5 Å². The number of H-pyrrole nitrogens is 1. The predicted molar refractivity (Wildman–Crippen MR) is 139 cm³/mol. The summed E-state index contributed by atoms with van der Waals surface area (Å²) in [7, 11) is 0. The maximum Gasteiger partial charge on any atom is 0.180 e. The van der Waals surface area contributed by atoms with E-state index in [-0.39, 0.29) is 12.4 Å². The fraction of sp³-hybridized carbons (Fsp3) is 0.231. The molecule has 0 atom stereocenters. The van der Waals surface area contributed by atoms with Crippen molar-refractivity contribution in [2.24, 2.45) is 0 Å². The lowest BCUT2D eigenvalue weighted by Gasteiger charge is -2.16. The zero-order valence-corrected chi connectivity index (χ0v) is 20.7. The standard InChI is InChI=1S/C26H26Cl2N2O2.ClH/c1-2-31-25-14-19(13-23(28)26(25)32-17-18-7-9-21(27)10-8-18)15-29-12-11-20-16-30-24-6-4-3-5-22(20)24;/h3-10,13-14,16,29-30H,2,11-12,15,17H2,1H3;1H. The second-order valence-electron chi connectivity index (χ2n) is 7.54. The van der Waals surface area contributed by atoms with Crippen molar-refractivity contribution >= 4 is 46.5 Å². The molecule has 0 unspecified atom stereocenters. The van der Waals surface area contributed by atoms with Crippen molar-refractivity contribution in [3.05, 3.63) is 93.6 Å². The lowest BCUT2D eigenvalue weighted by Crippen LogP contribution is -2.16. The number of benzene rings is 3. The quantitative estimate of drug-likeness (QED) is 0.224. The van der Waals surface area contributed by atoms with Crippen LogP contribution < -0.4 is 14.8 Å². The number of ether oxygens (including phenoxy) is 2. The highest BCUT2D eigenvalue weighted by molar-refractivity contribution is 6.32. The van der Waals surface area contributed by atoms with E-state index in [2.05, 4.69) is 34.7 Å². The minimum absolute atomic E-state index is 0. The third-order valence-electron chi connectivity index (χ3n) is 5.24. The van der Waals surface area contributed by atoms with Crippen LogP contribution in [0.25, 0.3) is 10.9 Å². The lowest BCUT2D eigenvalue weighted by atomic mass is 10.1. The number of fused-ring (bicyclic) bond motifs is 1. The fourth-order valence-electron chi connectivity index (χ4n) is 3.66. The molecule has 1 aromatic heterocycles. The molecule has 174 valence electrons. The Bertz CT molecular complexity index is 1180. The van der Waals surface area contributed by atoms with Crippen LogP contribution in [0, 0.1) is 0 Å². The number of hydrogen-bond donors (Lipinski definition) is 2. The Hall–Kier alpha value is -2.37. The summed E-state index contributed by atoms with van der Waals surface area (Å²) in [6.45, 7) is 4.42. The summed E-state index contributed by atoms with van der Waals surface area (Å²) in [6.07, 6.45) is 3.03. The van der Waals surface area contributed by atoms with Crippen molar-refractivity contribution in [3.8, 4) is 11.5 Å². The number of rotatable bonds is 10. The molecular weight excluding hydrogens is 479 g/mol. The van der Waals surface area contributed by atoms with E-state index in [9.17, 15) is 0 Å². The average Bonchev–Trinajstić information content (AvgIpc) is 3.21. The third kappa shape index (κ3) is 6.58. The van der Waals surface area contributed by atoms with Crippen LogP contribution >= 0.6 is 35.6 Å². The normalized spacial score (nSPS) is 10.8. The summed E-state index contributed by atoms with van der Waals surface area (Å²) >= 11 is 12.5. The van der Waals surface area contributed by atoms with Gasteiger partial charge in [0.05, 0.1) is 11.6 Å². The predicted octanol–water partition coefficient (Wildman–Crippen LogP) is 7.21. The third-order valence-corrected chi connectivity index (χ3v) is 5.77. The molecule has 0 aliphatic carbocycles. The molecule has 4 aromatic rings. The number of aromatic nitrogens is 1. The van der Waals surface area contributed by atoms with Crippen LogP contribution in [0.2, 0.25) is 10.0 Å². The summed E-state index contributed by atoms with van der Waals surface area (Å²) in [5.41, 5.74) is 4.55. The van der Waals surface area contributed by atoms with Crippen LogP contribution in [0.4, 0.5) is 0 Å². The summed E-state index contributed by atoms with van der Waals surface area (Å²) < 4.78 is 11.8. The van der Waals surface area contributed by atoms with E-state index >= 15 is 0 Å². The summed E-state index contributed by atoms with van der Waals surface area (Å²) in [4.78, 5) is 3.33. The Morgan fingerprint density at radius 1 is 0.939 bits per heavy atom. The molecule has 7 heteroatoms. The van der Waals surface area contributed by atoms with Crippen molar-refractivity contribution in [2.75, 3.05) is 13.2 Å². The van der Waals surface area contributed by atoms with Crippen LogP contribution in [-0.2, 0) is 19.6 Å². The Kier molecular flexibility index (Phi) is 9.33. The van der Waals surface area contributed by atoms with Crippen molar-refractivity contribution < 1.29 is 9.47 Å². The second kappa shape index (κ2) is 12.2. The molecule has 0 fully saturated rings. The first-order valence-electron chi connectivity index (χ1n) is 10.7. The Morgan fingerprint density at radius 2 is 1.73 bits per heavy atom. The molecule has 4 nitrogen and oxygen atoms in total. The van der Waals surface area contributed by atoms with Crippen LogP contribution in [0.15, 0.2) is 66.9 Å². The van der Waals surface area contributed by atoms with E-state index in [1.54, 1.807) is 0 Å². The summed E-state index contributed by atoms with van der Waals surface area (Å²) in [6, 6.07) is 19.8. The SMILES string of the molecule is CCOc1cc(CNCCc2c[nH]c3ccccc23)cc(Cl)c1OCc1ccc(Cl)cc1.Cl. The van der Waals surface area contributed by atoms with Gasteiger partial charge in [0.1, 0.15) is 6.61 Å². The summed E-state index contributed by atoms with van der Waals surface area (Å²) in [5.74, 6) is 1.22. The molecule has 0 spiro atoms. The van der Waals surface area contributed by atoms with Gasteiger partial charge in [0.25, 0.3) is 0 Å². The zero-order valence-electron chi connectivity index (χ0n) is 18.4. The Morgan fingerprint density at radius 3 is 2.52 bits per heavy atom. The molecule has 0 aliphatic rings. The number of hydrogen-bond acceptors (Lipinski definition) is 3. The van der Waals surface area contributed by atoms with Gasteiger partial charge >= 0.3 is 0 Å². The molecule has 0 radical (unpaired) electrons. The minimum Gasteiger partial charge on any atom is -0.490 e. The maximum absolute atomic E-state index is 6.56. The summed E-state index contributed by atoms with van der Waals surface area (Å²) in [5, 5.41) is 6.02. The molecule has 33 heavy (non-hydrogen) atoms. The molecule has 0 saturated heterocycles. The molecule has 1 heterocycles. The number of nitrogens with one attached hydrogen (secondary N) is 2. The van der Waals surface area contributed by atoms with Crippen molar-refractivity contribution in [2.45, 2.75) is 26.5 Å². The molecule has 0 amide bonds.